The Morgan fingerprint density at radius 1 is 0.875 bits per heavy atom. The Morgan fingerprint density at radius 2 is 1.50 bits per heavy atom. The summed E-state index contributed by atoms with van der Waals surface area (Å²) >= 11 is 4.97. The number of halogens is 1. The van der Waals surface area contributed by atoms with Crippen LogP contribution in [0.5, 0.6) is 5.75 Å². The number of anilines is 1. The number of thioether (sulfide) groups is 1. The minimum Gasteiger partial charge on any atom is -0.492 e. The molecule has 4 aromatic carbocycles. The standard InChI is InChI=1S/C37H42BrN3O5S2/c1-6-46-34-15-11-10-14-32(34)41(48(44,45)31-22-20-30(47-5)21-23-31)26-35(42)40(25-28-16-18-29(38)19-17-28)33(36(43)39-37(2,3)4)24-27-12-8-7-9-13-27/h7-23,33H,6,24-26H2,1-5H3,(H,39,43)/t33-/m0/s1. The van der Waals surface area contributed by atoms with Crippen molar-refractivity contribution in [1.29, 1.82) is 0 Å². The van der Waals surface area contributed by atoms with E-state index in [0.717, 1.165) is 24.8 Å². The van der Waals surface area contributed by atoms with Crippen LogP contribution in [-0.4, -0.2) is 56.1 Å². The highest BCUT2D eigenvalue weighted by Crippen LogP contribution is 2.33. The fourth-order valence-corrected chi connectivity index (χ4v) is 7.22. The summed E-state index contributed by atoms with van der Waals surface area (Å²) in [6.07, 6.45) is 2.14. The van der Waals surface area contributed by atoms with E-state index in [0.29, 0.717) is 12.4 Å². The zero-order chi connectivity index (χ0) is 34.9. The lowest BCUT2D eigenvalue weighted by molar-refractivity contribution is -0.140. The molecule has 0 aliphatic carbocycles. The molecule has 254 valence electrons. The normalized spacial score (nSPS) is 12.2. The lowest BCUT2D eigenvalue weighted by Gasteiger charge is -2.35. The number of sulfonamides is 1. The van der Waals surface area contributed by atoms with Crippen molar-refractivity contribution >= 4 is 55.2 Å². The van der Waals surface area contributed by atoms with Gasteiger partial charge in [-0.1, -0.05) is 70.5 Å². The first-order valence-corrected chi connectivity index (χ1v) is 19.1. The zero-order valence-electron chi connectivity index (χ0n) is 27.9. The first-order valence-electron chi connectivity index (χ1n) is 15.6. The Balaban J connectivity index is 1.85. The second kappa shape index (κ2) is 16.5. The van der Waals surface area contributed by atoms with Crippen LogP contribution in [-0.2, 0) is 32.6 Å². The van der Waals surface area contributed by atoms with Gasteiger partial charge in [-0.2, -0.15) is 0 Å². The van der Waals surface area contributed by atoms with E-state index in [1.807, 2.05) is 88.5 Å². The molecule has 4 aromatic rings. The minimum atomic E-state index is -4.27. The van der Waals surface area contributed by atoms with Gasteiger partial charge in [-0.15, -0.1) is 11.8 Å². The number of para-hydroxylation sites is 2. The number of nitrogens with zero attached hydrogens (tertiary/aromatic N) is 2. The van der Waals surface area contributed by atoms with Crippen LogP contribution in [0.3, 0.4) is 0 Å². The fourth-order valence-electron chi connectivity index (χ4n) is 5.12. The van der Waals surface area contributed by atoms with Gasteiger partial charge in [0.05, 0.1) is 17.2 Å². The van der Waals surface area contributed by atoms with Crippen LogP contribution >= 0.6 is 27.7 Å². The molecule has 48 heavy (non-hydrogen) atoms. The summed E-state index contributed by atoms with van der Waals surface area (Å²) in [5, 5.41) is 3.05. The highest BCUT2D eigenvalue weighted by atomic mass is 79.9. The summed E-state index contributed by atoms with van der Waals surface area (Å²) < 4.78 is 36.7. The molecule has 8 nitrogen and oxygen atoms in total. The van der Waals surface area contributed by atoms with Crippen molar-refractivity contribution in [2.75, 3.05) is 23.7 Å². The third kappa shape index (κ3) is 9.87. The van der Waals surface area contributed by atoms with Gasteiger partial charge in [-0.3, -0.25) is 13.9 Å². The molecule has 0 aromatic heterocycles. The highest BCUT2D eigenvalue weighted by Gasteiger charge is 2.36. The van der Waals surface area contributed by atoms with Gasteiger partial charge in [0.1, 0.15) is 18.3 Å². The van der Waals surface area contributed by atoms with Crippen LogP contribution < -0.4 is 14.4 Å². The third-order valence-electron chi connectivity index (χ3n) is 7.40. The van der Waals surface area contributed by atoms with Crippen LogP contribution in [0.4, 0.5) is 5.69 Å². The molecule has 0 aliphatic heterocycles. The van der Waals surface area contributed by atoms with Gasteiger partial charge in [0.25, 0.3) is 10.0 Å². The minimum absolute atomic E-state index is 0.0326. The number of amides is 2. The lowest BCUT2D eigenvalue weighted by atomic mass is 10.0. The molecule has 0 heterocycles. The Labute approximate surface area is 297 Å². The smallest absolute Gasteiger partial charge is 0.264 e. The molecule has 0 saturated heterocycles. The van der Waals surface area contributed by atoms with E-state index in [9.17, 15) is 18.0 Å². The average Bonchev–Trinajstić information content (AvgIpc) is 3.06. The van der Waals surface area contributed by atoms with E-state index in [4.69, 9.17) is 4.74 Å². The second-order valence-corrected chi connectivity index (χ2v) is 15.8. The molecule has 0 fully saturated rings. The summed E-state index contributed by atoms with van der Waals surface area (Å²) in [7, 11) is -4.27. The zero-order valence-corrected chi connectivity index (χ0v) is 31.1. The quantitative estimate of drug-likeness (QED) is 0.136. The molecule has 1 N–H and O–H groups in total. The summed E-state index contributed by atoms with van der Waals surface area (Å²) in [6.45, 7) is 7.25. The molecule has 4 rings (SSSR count). The number of hydrogen-bond donors (Lipinski definition) is 1. The second-order valence-electron chi connectivity index (χ2n) is 12.2. The number of carbonyl (C=O) groups excluding carboxylic acids is 2. The predicted octanol–water partition coefficient (Wildman–Crippen LogP) is 7.32. The van der Waals surface area contributed by atoms with E-state index in [2.05, 4.69) is 21.2 Å². The van der Waals surface area contributed by atoms with Crippen molar-refractivity contribution in [3.8, 4) is 5.75 Å². The van der Waals surface area contributed by atoms with Crippen molar-refractivity contribution in [3.05, 3.63) is 119 Å². The Hall–Kier alpha value is -3.80. The molecule has 1 atom stereocenters. The maximum atomic E-state index is 14.7. The summed E-state index contributed by atoms with van der Waals surface area (Å²) in [4.78, 5) is 31.2. The number of hydrogen-bond acceptors (Lipinski definition) is 6. The molecule has 0 bridgehead atoms. The number of nitrogens with one attached hydrogen (secondary N) is 1. The van der Waals surface area contributed by atoms with Gasteiger partial charge < -0.3 is 15.0 Å². The first kappa shape index (κ1) is 37.0. The molecular formula is C37H42BrN3O5S2. The molecule has 0 radical (unpaired) electrons. The molecular weight excluding hydrogens is 710 g/mol. The SMILES string of the molecule is CCOc1ccccc1N(CC(=O)N(Cc1ccc(Br)cc1)[C@@H](Cc1ccccc1)C(=O)NC(C)(C)C)S(=O)(=O)c1ccc(SC)cc1. The highest BCUT2D eigenvalue weighted by molar-refractivity contribution is 9.10. The number of rotatable bonds is 14. The van der Waals surface area contributed by atoms with Crippen molar-refractivity contribution in [2.45, 2.75) is 62.0 Å². The Morgan fingerprint density at radius 3 is 2.10 bits per heavy atom. The van der Waals surface area contributed by atoms with Crippen LogP contribution in [0.25, 0.3) is 0 Å². The Bertz CT molecular complexity index is 1780. The van der Waals surface area contributed by atoms with Crippen molar-refractivity contribution in [3.63, 3.8) is 0 Å². The topological polar surface area (TPSA) is 96.0 Å². The van der Waals surface area contributed by atoms with Crippen LogP contribution in [0.2, 0.25) is 0 Å². The predicted molar refractivity (Wildman–Crippen MR) is 197 cm³/mol. The van der Waals surface area contributed by atoms with E-state index >= 15 is 0 Å². The third-order valence-corrected chi connectivity index (χ3v) is 10.4. The van der Waals surface area contributed by atoms with Crippen LogP contribution in [0.15, 0.2) is 117 Å². The Kier molecular flexibility index (Phi) is 12.8. The molecule has 0 aliphatic rings. The number of carbonyl (C=O) groups is 2. The number of ether oxygens (including phenoxy) is 1. The van der Waals surface area contributed by atoms with Crippen molar-refractivity contribution in [1.82, 2.24) is 10.2 Å². The maximum Gasteiger partial charge on any atom is 0.264 e. The monoisotopic (exact) mass is 751 g/mol. The maximum absolute atomic E-state index is 14.7. The molecule has 0 saturated carbocycles. The van der Waals surface area contributed by atoms with E-state index in [-0.39, 0.29) is 29.5 Å². The van der Waals surface area contributed by atoms with Crippen molar-refractivity contribution < 1.29 is 22.7 Å². The molecule has 0 spiro atoms. The van der Waals surface area contributed by atoms with Gasteiger partial charge in [-0.05, 0) is 93.6 Å². The number of benzene rings is 4. The summed E-state index contributed by atoms with van der Waals surface area (Å²) in [5.41, 5.74) is 1.29. The average molecular weight is 753 g/mol. The van der Waals surface area contributed by atoms with Gasteiger partial charge in [0.15, 0.2) is 0 Å². The van der Waals surface area contributed by atoms with E-state index in [1.165, 1.54) is 28.8 Å². The van der Waals surface area contributed by atoms with Gasteiger partial charge in [-0.25, -0.2) is 8.42 Å². The van der Waals surface area contributed by atoms with Gasteiger partial charge in [0, 0.05) is 27.9 Å². The van der Waals surface area contributed by atoms with Gasteiger partial charge >= 0.3 is 0 Å². The molecule has 0 unspecified atom stereocenters. The summed E-state index contributed by atoms with van der Waals surface area (Å²) in [6, 6.07) is 29.3. The van der Waals surface area contributed by atoms with Crippen LogP contribution in [0.1, 0.15) is 38.8 Å². The van der Waals surface area contributed by atoms with E-state index < -0.39 is 34.1 Å². The lowest BCUT2D eigenvalue weighted by Crippen LogP contribution is -2.56. The fraction of sp³-hybridized carbons (Fsp3) is 0.297. The van der Waals surface area contributed by atoms with Crippen molar-refractivity contribution in [2.24, 2.45) is 0 Å². The van der Waals surface area contributed by atoms with E-state index in [1.54, 1.807) is 36.4 Å². The van der Waals surface area contributed by atoms with Gasteiger partial charge in [0.2, 0.25) is 11.8 Å². The molecule has 11 heteroatoms. The summed E-state index contributed by atoms with van der Waals surface area (Å²) in [5.74, 6) is -0.560. The van der Waals surface area contributed by atoms with Crippen LogP contribution in [0, 0.1) is 0 Å². The largest absolute Gasteiger partial charge is 0.492 e. The molecule has 2 amide bonds. The first-order chi connectivity index (χ1) is 22.8.